The Morgan fingerprint density at radius 2 is 2.12 bits per heavy atom. The number of rotatable bonds is 2. The van der Waals surface area contributed by atoms with Gasteiger partial charge in [-0.25, -0.2) is 4.98 Å². The van der Waals surface area contributed by atoms with Crippen LogP contribution >= 0.6 is 11.3 Å². The van der Waals surface area contributed by atoms with Gasteiger partial charge in [0, 0.05) is 23.3 Å². The molecule has 0 atom stereocenters. The Morgan fingerprint density at radius 3 is 2.94 bits per heavy atom. The molecule has 3 aromatic rings. The molecule has 84 valence electrons. The van der Waals surface area contributed by atoms with Crippen LogP contribution in [0.15, 0.2) is 42.7 Å². The van der Waals surface area contributed by atoms with Crippen LogP contribution in [0.1, 0.15) is 4.88 Å². The summed E-state index contributed by atoms with van der Waals surface area (Å²) in [5.74, 6) is 0. The van der Waals surface area contributed by atoms with Crippen LogP contribution in [0, 0.1) is 0 Å². The minimum absolute atomic E-state index is 0.0484. The van der Waals surface area contributed by atoms with Gasteiger partial charge in [-0.05, 0) is 24.3 Å². The van der Waals surface area contributed by atoms with Crippen molar-refractivity contribution < 1.29 is 5.11 Å². The van der Waals surface area contributed by atoms with Crippen molar-refractivity contribution >= 4 is 22.2 Å². The van der Waals surface area contributed by atoms with Crippen LogP contribution in [-0.2, 0) is 6.61 Å². The molecule has 0 aliphatic heterocycles. The maximum Gasteiger partial charge on any atom is 0.123 e. The van der Waals surface area contributed by atoms with E-state index in [4.69, 9.17) is 5.11 Å². The Balaban J connectivity index is 2.11. The lowest BCUT2D eigenvalue weighted by Crippen LogP contribution is -1.79. The molecular weight excluding hydrogens is 232 g/mol. The standard InChI is InChI=1S/C13H10N2OS/c16-8-11-7-15-13(17-11)10-3-4-12-9(6-10)2-1-5-14-12/h1-7,16H,8H2. The normalized spacial score (nSPS) is 10.9. The summed E-state index contributed by atoms with van der Waals surface area (Å²) in [7, 11) is 0. The first-order valence-corrected chi connectivity index (χ1v) is 6.09. The molecule has 0 fully saturated rings. The fraction of sp³-hybridized carbons (Fsp3) is 0.0769. The van der Waals surface area contributed by atoms with E-state index in [1.807, 2.05) is 24.3 Å². The van der Waals surface area contributed by atoms with E-state index in [1.165, 1.54) is 11.3 Å². The van der Waals surface area contributed by atoms with Crippen LogP contribution in [0.25, 0.3) is 21.5 Å². The highest BCUT2D eigenvalue weighted by Crippen LogP contribution is 2.27. The molecule has 0 radical (unpaired) electrons. The minimum Gasteiger partial charge on any atom is -0.391 e. The third-order valence-corrected chi connectivity index (χ3v) is 3.59. The number of aliphatic hydroxyl groups is 1. The summed E-state index contributed by atoms with van der Waals surface area (Å²) in [5, 5.41) is 11.1. The second-order valence-corrected chi connectivity index (χ2v) is 4.82. The van der Waals surface area contributed by atoms with Gasteiger partial charge in [0.1, 0.15) is 5.01 Å². The summed E-state index contributed by atoms with van der Waals surface area (Å²) in [6.45, 7) is 0.0484. The molecule has 0 unspecified atom stereocenters. The molecule has 1 N–H and O–H groups in total. The summed E-state index contributed by atoms with van der Waals surface area (Å²) < 4.78 is 0. The molecule has 0 saturated heterocycles. The smallest absolute Gasteiger partial charge is 0.123 e. The molecule has 0 bridgehead atoms. The van der Waals surface area contributed by atoms with Gasteiger partial charge in [-0.15, -0.1) is 11.3 Å². The predicted octanol–water partition coefficient (Wildman–Crippen LogP) is 2.85. The minimum atomic E-state index is 0.0484. The Kier molecular flexibility index (Phi) is 2.59. The molecule has 0 amide bonds. The van der Waals surface area contributed by atoms with E-state index in [-0.39, 0.29) is 6.61 Å². The van der Waals surface area contributed by atoms with Crippen LogP contribution in [0.5, 0.6) is 0 Å². The maximum atomic E-state index is 9.03. The zero-order valence-corrected chi connectivity index (χ0v) is 9.81. The van der Waals surface area contributed by atoms with Crippen LogP contribution in [0.2, 0.25) is 0 Å². The van der Waals surface area contributed by atoms with Gasteiger partial charge in [0.15, 0.2) is 0 Å². The third-order valence-electron chi connectivity index (χ3n) is 2.56. The van der Waals surface area contributed by atoms with E-state index in [2.05, 4.69) is 16.0 Å². The number of aromatic nitrogens is 2. The van der Waals surface area contributed by atoms with Gasteiger partial charge >= 0.3 is 0 Å². The second kappa shape index (κ2) is 4.24. The van der Waals surface area contributed by atoms with Gasteiger partial charge < -0.3 is 5.11 Å². The summed E-state index contributed by atoms with van der Waals surface area (Å²) in [4.78, 5) is 9.46. The molecule has 0 saturated carbocycles. The van der Waals surface area contributed by atoms with E-state index in [9.17, 15) is 0 Å². The van der Waals surface area contributed by atoms with E-state index in [0.717, 1.165) is 26.4 Å². The summed E-state index contributed by atoms with van der Waals surface area (Å²) in [6.07, 6.45) is 3.50. The summed E-state index contributed by atoms with van der Waals surface area (Å²) in [5.41, 5.74) is 2.05. The summed E-state index contributed by atoms with van der Waals surface area (Å²) in [6, 6.07) is 10.0. The van der Waals surface area contributed by atoms with Crippen molar-refractivity contribution in [3.05, 3.63) is 47.6 Å². The number of benzene rings is 1. The number of thiazole rings is 1. The molecule has 0 spiro atoms. The fourth-order valence-electron chi connectivity index (χ4n) is 1.72. The van der Waals surface area contributed by atoms with Crippen molar-refractivity contribution in [1.82, 2.24) is 9.97 Å². The summed E-state index contributed by atoms with van der Waals surface area (Å²) >= 11 is 1.51. The van der Waals surface area contributed by atoms with Crippen molar-refractivity contribution in [2.45, 2.75) is 6.61 Å². The number of fused-ring (bicyclic) bond motifs is 1. The number of aliphatic hydroxyl groups excluding tert-OH is 1. The number of pyridine rings is 1. The zero-order chi connectivity index (χ0) is 11.7. The lowest BCUT2D eigenvalue weighted by atomic mass is 10.1. The highest BCUT2D eigenvalue weighted by Gasteiger charge is 2.05. The van der Waals surface area contributed by atoms with Crippen LogP contribution in [0.3, 0.4) is 0 Å². The highest BCUT2D eigenvalue weighted by atomic mass is 32.1. The Morgan fingerprint density at radius 1 is 1.18 bits per heavy atom. The van der Waals surface area contributed by atoms with Crippen molar-refractivity contribution in [3.8, 4) is 10.6 Å². The van der Waals surface area contributed by atoms with Gasteiger partial charge in [-0.1, -0.05) is 6.07 Å². The van der Waals surface area contributed by atoms with Gasteiger partial charge in [-0.2, -0.15) is 0 Å². The van der Waals surface area contributed by atoms with E-state index < -0.39 is 0 Å². The van der Waals surface area contributed by atoms with Gasteiger partial charge in [0.2, 0.25) is 0 Å². The number of hydrogen-bond donors (Lipinski definition) is 1. The van der Waals surface area contributed by atoms with Crippen molar-refractivity contribution in [3.63, 3.8) is 0 Å². The van der Waals surface area contributed by atoms with Gasteiger partial charge in [-0.3, -0.25) is 4.98 Å². The van der Waals surface area contributed by atoms with Crippen molar-refractivity contribution in [2.24, 2.45) is 0 Å². The first-order valence-electron chi connectivity index (χ1n) is 5.27. The zero-order valence-electron chi connectivity index (χ0n) is 9.00. The molecule has 2 heterocycles. The first-order chi connectivity index (χ1) is 8.36. The van der Waals surface area contributed by atoms with Crippen molar-refractivity contribution in [2.75, 3.05) is 0 Å². The van der Waals surface area contributed by atoms with Crippen LogP contribution < -0.4 is 0 Å². The average Bonchev–Trinajstić information content (AvgIpc) is 2.87. The van der Waals surface area contributed by atoms with Gasteiger partial charge in [0.25, 0.3) is 0 Å². The molecular formula is C13H10N2OS. The lowest BCUT2D eigenvalue weighted by Gasteiger charge is -1.99. The molecule has 17 heavy (non-hydrogen) atoms. The SMILES string of the molecule is OCc1cnc(-c2ccc3ncccc3c2)s1. The third kappa shape index (κ3) is 1.92. The number of nitrogens with zero attached hydrogens (tertiary/aromatic N) is 2. The second-order valence-electron chi connectivity index (χ2n) is 3.70. The molecule has 0 aliphatic rings. The van der Waals surface area contributed by atoms with E-state index >= 15 is 0 Å². The number of hydrogen-bond acceptors (Lipinski definition) is 4. The Hall–Kier alpha value is -1.78. The van der Waals surface area contributed by atoms with Gasteiger partial charge in [0.05, 0.1) is 17.0 Å². The van der Waals surface area contributed by atoms with E-state index in [1.54, 1.807) is 12.4 Å². The highest BCUT2D eigenvalue weighted by molar-refractivity contribution is 7.15. The Labute approximate surface area is 102 Å². The van der Waals surface area contributed by atoms with Crippen molar-refractivity contribution in [1.29, 1.82) is 0 Å². The molecule has 3 nitrogen and oxygen atoms in total. The molecule has 2 aromatic heterocycles. The topological polar surface area (TPSA) is 46.0 Å². The first kappa shape index (κ1) is 10.4. The van der Waals surface area contributed by atoms with E-state index in [0.29, 0.717) is 0 Å². The average molecular weight is 242 g/mol. The predicted molar refractivity (Wildman–Crippen MR) is 68.8 cm³/mol. The fourth-order valence-corrected chi connectivity index (χ4v) is 2.49. The molecule has 4 heteroatoms. The van der Waals surface area contributed by atoms with Crippen LogP contribution in [-0.4, -0.2) is 15.1 Å². The monoisotopic (exact) mass is 242 g/mol. The molecule has 0 aliphatic carbocycles. The Bertz CT molecular complexity index is 663. The van der Waals surface area contributed by atoms with Crippen LogP contribution in [0.4, 0.5) is 0 Å². The largest absolute Gasteiger partial charge is 0.391 e. The molecule has 3 rings (SSSR count). The lowest BCUT2D eigenvalue weighted by molar-refractivity contribution is 0.285. The quantitative estimate of drug-likeness (QED) is 0.751. The molecule has 1 aromatic carbocycles. The maximum absolute atomic E-state index is 9.03.